The van der Waals surface area contributed by atoms with Crippen molar-refractivity contribution in [2.75, 3.05) is 23.4 Å². The van der Waals surface area contributed by atoms with Gasteiger partial charge in [0.2, 0.25) is 5.91 Å². The second-order valence-corrected chi connectivity index (χ2v) is 8.28. The molecule has 0 spiro atoms. The Morgan fingerprint density at radius 3 is 2.71 bits per heavy atom. The van der Waals surface area contributed by atoms with Gasteiger partial charge in [-0.2, -0.15) is 18.6 Å². The first-order chi connectivity index (χ1) is 14.6. The fourth-order valence-electron chi connectivity index (χ4n) is 4.35. The molecule has 162 valence electrons. The van der Waals surface area contributed by atoms with Crippen molar-refractivity contribution in [1.29, 1.82) is 0 Å². The van der Waals surface area contributed by atoms with Crippen LogP contribution in [0, 0.1) is 6.92 Å². The standard InChI is InChI=1S/C23H26N6O.H2S/c1-16-5-7-17(8-6-16)14-28-15-18(12-25-28)9-10-21-24-13-20-22(26-21)29-11-3-4-19(29)23(30)27(20)2;/h5-8,12-13,15,19H,3-4,9-11,14H2,1-2H3;1H2/t19-;/m0./s1. The van der Waals surface area contributed by atoms with E-state index < -0.39 is 0 Å². The largest absolute Gasteiger partial charge is 0.343 e. The van der Waals surface area contributed by atoms with Gasteiger partial charge in [-0.25, -0.2) is 9.97 Å². The lowest BCUT2D eigenvalue weighted by atomic mass is 10.1. The highest BCUT2D eigenvalue weighted by molar-refractivity contribution is 7.59. The van der Waals surface area contributed by atoms with E-state index in [-0.39, 0.29) is 25.4 Å². The van der Waals surface area contributed by atoms with Crippen LogP contribution in [-0.4, -0.2) is 45.3 Å². The number of nitrogens with zero attached hydrogens (tertiary/aromatic N) is 6. The maximum Gasteiger partial charge on any atom is 0.249 e. The lowest BCUT2D eigenvalue weighted by Crippen LogP contribution is -2.49. The van der Waals surface area contributed by atoms with Crippen LogP contribution in [0.2, 0.25) is 0 Å². The van der Waals surface area contributed by atoms with Gasteiger partial charge in [0, 0.05) is 26.2 Å². The molecule has 1 saturated heterocycles. The topological polar surface area (TPSA) is 67.2 Å². The van der Waals surface area contributed by atoms with Crippen LogP contribution in [0.1, 0.15) is 35.4 Å². The summed E-state index contributed by atoms with van der Waals surface area (Å²) in [5.74, 6) is 1.87. The third-order valence-corrected chi connectivity index (χ3v) is 6.09. The monoisotopic (exact) mass is 436 g/mol. The Morgan fingerprint density at radius 1 is 1.10 bits per heavy atom. The van der Waals surface area contributed by atoms with Crippen LogP contribution in [0.5, 0.6) is 0 Å². The van der Waals surface area contributed by atoms with E-state index in [9.17, 15) is 4.79 Å². The van der Waals surface area contributed by atoms with E-state index in [1.807, 2.05) is 17.9 Å². The first-order valence-corrected chi connectivity index (χ1v) is 10.6. The van der Waals surface area contributed by atoms with Crippen molar-refractivity contribution in [2.45, 2.75) is 45.2 Å². The number of fused-ring (bicyclic) bond motifs is 3. The first-order valence-electron chi connectivity index (χ1n) is 10.6. The van der Waals surface area contributed by atoms with Crippen molar-refractivity contribution in [3.63, 3.8) is 0 Å². The smallest absolute Gasteiger partial charge is 0.249 e. The Kier molecular flexibility index (Phi) is 6.00. The van der Waals surface area contributed by atoms with Crippen LogP contribution < -0.4 is 9.80 Å². The van der Waals surface area contributed by atoms with Crippen LogP contribution in [0.25, 0.3) is 0 Å². The Morgan fingerprint density at radius 2 is 1.90 bits per heavy atom. The van der Waals surface area contributed by atoms with Crippen molar-refractivity contribution >= 4 is 30.9 Å². The number of carbonyl (C=O) groups excluding carboxylic acids is 1. The maximum atomic E-state index is 12.5. The second-order valence-electron chi connectivity index (χ2n) is 8.28. The van der Waals surface area contributed by atoms with Gasteiger partial charge in [0.05, 0.1) is 18.9 Å². The highest BCUT2D eigenvalue weighted by Crippen LogP contribution is 2.37. The lowest BCUT2D eigenvalue weighted by Gasteiger charge is -2.36. The van der Waals surface area contributed by atoms with Crippen molar-refractivity contribution in [3.8, 4) is 0 Å². The normalized spacial score (nSPS) is 17.4. The van der Waals surface area contributed by atoms with E-state index in [4.69, 9.17) is 4.98 Å². The van der Waals surface area contributed by atoms with Gasteiger partial charge in [-0.3, -0.25) is 9.48 Å². The zero-order chi connectivity index (χ0) is 20.7. The van der Waals surface area contributed by atoms with E-state index in [0.29, 0.717) is 0 Å². The summed E-state index contributed by atoms with van der Waals surface area (Å²) in [6.45, 7) is 3.75. The molecule has 5 rings (SSSR count). The highest BCUT2D eigenvalue weighted by Gasteiger charge is 2.40. The number of hydrogen-bond acceptors (Lipinski definition) is 5. The quantitative estimate of drug-likeness (QED) is 0.615. The molecule has 4 heterocycles. The number of aromatic nitrogens is 4. The molecule has 31 heavy (non-hydrogen) atoms. The van der Waals surface area contributed by atoms with E-state index in [0.717, 1.165) is 56.1 Å². The number of aryl methyl sites for hydroxylation is 3. The Balaban J connectivity index is 0.00000231. The summed E-state index contributed by atoms with van der Waals surface area (Å²) < 4.78 is 1.98. The van der Waals surface area contributed by atoms with Crippen LogP contribution in [0.3, 0.4) is 0 Å². The van der Waals surface area contributed by atoms with Gasteiger partial charge in [0.25, 0.3) is 0 Å². The molecule has 8 heteroatoms. The summed E-state index contributed by atoms with van der Waals surface area (Å²) in [4.78, 5) is 25.8. The predicted molar refractivity (Wildman–Crippen MR) is 126 cm³/mol. The molecule has 2 aromatic heterocycles. The van der Waals surface area contributed by atoms with Crippen LogP contribution in [0.4, 0.5) is 11.5 Å². The molecular weight excluding hydrogens is 408 g/mol. The molecule has 0 saturated carbocycles. The lowest BCUT2D eigenvalue weighted by molar-refractivity contribution is -0.119. The van der Waals surface area contributed by atoms with E-state index in [1.54, 1.807) is 11.1 Å². The van der Waals surface area contributed by atoms with Gasteiger partial charge in [-0.05, 0) is 37.3 Å². The zero-order valence-electron chi connectivity index (χ0n) is 18.0. The Hall–Kier alpha value is -2.87. The van der Waals surface area contributed by atoms with Crippen molar-refractivity contribution < 1.29 is 4.79 Å². The van der Waals surface area contributed by atoms with Gasteiger partial charge in [0.15, 0.2) is 5.82 Å². The van der Waals surface area contributed by atoms with Crippen molar-refractivity contribution in [3.05, 3.63) is 65.4 Å². The van der Waals surface area contributed by atoms with Crippen molar-refractivity contribution in [2.24, 2.45) is 0 Å². The minimum Gasteiger partial charge on any atom is -0.343 e. The maximum absolute atomic E-state index is 12.5. The fraction of sp³-hybridized carbons (Fsp3) is 0.391. The molecule has 1 amide bonds. The number of likely N-dealkylation sites (N-methyl/N-ethyl adjacent to an activating group) is 1. The third kappa shape index (κ3) is 4.17. The number of anilines is 2. The van der Waals surface area contributed by atoms with Crippen molar-refractivity contribution in [1.82, 2.24) is 19.7 Å². The van der Waals surface area contributed by atoms with Gasteiger partial charge >= 0.3 is 0 Å². The third-order valence-electron chi connectivity index (χ3n) is 6.09. The highest BCUT2D eigenvalue weighted by atomic mass is 32.1. The first kappa shape index (κ1) is 21.4. The summed E-state index contributed by atoms with van der Waals surface area (Å²) in [5, 5.41) is 4.50. The number of carbonyl (C=O) groups is 1. The summed E-state index contributed by atoms with van der Waals surface area (Å²) in [6.07, 6.45) is 9.34. The van der Waals surface area contributed by atoms with Gasteiger partial charge < -0.3 is 9.80 Å². The van der Waals surface area contributed by atoms with Crippen LogP contribution >= 0.6 is 13.5 Å². The minimum absolute atomic E-state index is 0. The summed E-state index contributed by atoms with van der Waals surface area (Å²) >= 11 is 0. The molecule has 0 unspecified atom stereocenters. The molecule has 0 radical (unpaired) electrons. The van der Waals surface area contributed by atoms with E-state index >= 15 is 0 Å². The molecular formula is C23H28N6OS. The summed E-state index contributed by atoms with van der Waals surface area (Å²) in [6, 6.07) is 8.48. The van der Waals surface area contributed by atoms with Gasteiger partial charge in [0.1, 0.15) is 17.6 Å². The zero-order valence-corrected chi connectivity index (χ0v) is 19.0. The van der Waals surface area contributed by atoms with Crippen LogP contribution in [-0.2, 0) is 24.2 Å². The molecule has 0 bridgehead atoms. The Labute approximate surface area is 189 Å². The van der Waals surface area contributed by atoms with Gasteiger partial charge in [-0.15, -0.1) is 0 Å². The second kappa shape index (κ2) is 8.70. The Bertz CT molecular complexity index is 1080. The number of benzene rings is 1. The van der Waals surface area contributed by atoms with E-state index in [2.05, 4.69) is 52.4 Å². The van der Waals surface area contributed by atoms with E-state index in [1.165, 1.54) is 16.7 Å². The average Bonchev–Trinajstić information content (AvgIpc) is 3.42. The number of hydrogen-bond donors (Lipinski definition) is 0. The molecule has 2 aliphatic rings. The molecule has 3 aromatic rings. The van der Waals surface area contributed by atoms with Crippen LogP contribution in [0.15, 0.2) is 42.9 Å². The fourth-order valence-corrected chi connectivity index (χ4v) is 4.35. The molecule has 0 N–H and O–H groups in total. The molecule has 1 aromatic carbocycles. The summed E-state index contributed by atoms with van der Waals surface area (Å²) in [5.41, 5.74) is 4.50. The molecule has 0 aliphatic carbocycles. The molecule has 2 aliphatic heterocycles. The van der Waals surface area contributed by atoms with Gasteiger partial charge in [-0.1, -0.05) is 29.8 Å². The molecule has 1 atom stereocenters. The minimum atomic E-state index is -0.0646. The predicted octanol–water partition coefficient (Wildman–Crippen LogP) is 2.87. The average molecular weight is 437 g/mol. The SMILES string of the molecule is Cc1ccc(Cn2cc(CCc3ncc4c(n3)N3CCC[C@H]3C(=O)N4C)cn2)cc1.S. The number of rotatable bonds is 5. The molecule has 7 nitrogen and oxygen atoms in total. The molecule has 1 fully saturated rings. The summed E-state index contributed by atoms with van der Waals surface area (Å²) in [7, 11) is 1.82. The number of amides is 1.